The van der Waals surface area contributed by atoms with Crippen LogP contribution in [0.1, 0.15) is 48.5 Å². The van der Waals surface area contributed by atoms with E-state index in [4.69, 9.17) is 0 Å². The summed E-state index contributed by atoms with van der Waals surface area (Å²) in [5, 5.41) is 0. The van der Waals surface area contributed by atoms with Gasteiger partial charge < -0.3 is 0 Å². The zero-order chi connectivity index (χ0) is 13.4. The molecule has 1 unspecified atom stereocenters. The Hall–Kier alpha value is -0.150. The Morgan fingerprint density at radius 3 is 1.76 bits per heavy atom. The molecule has 17 heavy (non-hydrogen) atoms. The molecule has 102 valence electrons. The second-order valence-electron chi connectivity index (χ2n) is 7.30. The van der Waals surface area contributed by atoms with E-state index >= 15 is 0 Å². The first-order valence-electron chi connectivity index (χ1n) is 6.67. The monoisotopic (exact) mass is 244 g/mol. The Morgan fingerprint density at radius 2 is 1.41 bits per heavy atom. The van der Waals surface area contributed by atoms with Crippen LogP contribution in [0.2, 0.25) is 0 Å². The van der Waals surface area contributed by atoms with Crippen molar-refractivity contribution in [3.05, 3.63) is 0 Å². The molecule has 0 bridgehead atoms. The smallest absolute Gasteiger partial charge is 0.106 e. The van der Waals surface area contributed by atoms with Crippen molar-refractivity contribution in [3.63, 3.8) is 0 Å². The zero-order valence-corrected chi connectivity index (χ0v) is 12.5. The van der Waals surface area contributed by atoms with Crippen LogP contribution >= 0.6 is 0 Å². The van der Waals surface area contributed by atoms with Gasteiger partial charge in [0.15, 0.2) is 0 Å². The van der Waals surface area contributed by atoms with Crippen LogP contribution in [0.25, 0.3) is 0 Å². The molecule has 0 aliphatic carbocycles. The van der Waals surface area contributed by atoms with Crippen molar-refractivity contribution in [3.8, 4) is 0 Å². The van der Waals surface area contributed by atoms with Gasteiger partial charge in [0, 0.05) is 30.2 Å². The molecule has 0 N–H and O–H groups in total. The van der Waals surface area contributed by atoms with Gasteiger partial charge in [-0.3, -0.25) is 9.80 Å². The molecule has 3 heteroatoms. The molecule has 0 aromatic rings. The summed E-state index contributed by atoms with van der Waals surface area (Å²) in [7, 11) is 0. The summed E-state index contributed by atoms with van der Waals surface area (Å²) < 4.78 is 13.3. The highest BCUT2D eigenvalue weighted by atomic mass is 19.1. The fraction of sp³-hybridized carbons (Fsp3) is 1.00. The molecule has 0 saturated carbocycles. The Morgan fingerprint density at radius 1 is 0.941 bits per heavy atom. The number of piperazine rings is 1. The minimum absolute atomic E-state index is 0.0328. The number of halogens is 1. The molecule has 1 fully saturated rings. The van der Waals surface area contributed by atoms with Crippen LogP contribution in [0.3, 0.4) is 0 Å². The SMILES string of the molecule is CC1CN(C(C)(C)C)[C@H](CF)CN1C(C)(C)C. The van der Waals surface area contributed by atoms with E-state index in [9.17, 15) is 4.39 Å². The van der Waals surface area contributed by atoms with Crippen molar-refractivity contribution in [2.24, 2.45) is 0 Å². The van der Waals surface area contributed by atoms with Crippen molar-refractivity contribution < 1.29 is 4.39 Å². The summed E-state index contributed by atoms with van der Waals surface area (Å²) in [5.74, 6) is 0. The highest BCUT2D eigenvalue weighted by Gasteiger charge is 2.40. The van der Waals surface area contributed by atoms with Crippen LogP contribution in [0.5, 0.6) is 0 Å². The minimum atomic E-state index is -0.253. The molecule has 0 aromatic carbocycles. The van der Waals surface area contributed by atoms with Gasteiger partial charge >= 0.3 is 0 Å². The second-order valence-corrected chi connectivity index (χ2v) is 7.30. The maximum Gasteiger partial charge on any atom is 0.106 e. The molecule has 2 nitrogen and oxygen atoms in total. The first kappa shape index (κ1) is 14.9. The van der Waals surface area contributed by atoms with E-state index in [-0.39, 0.29) is 23.8 Å². The molecular formula is C14H29FN2. The Labute approximate surface area is 106 Å². The number of nitrogens with zero attached hydrogens (tertiary/aromatic N) is 2. The lowest BCUT2D eigenvalue weighted by atomic mass is 9.94. The maximum absolute atomic E-state index is 13.3. The molecule has 0 aromatic heterocycles. The first-order chi connectivity index (χ1) is 7.57. The quantitative estimate of drug-likeness (QED) is 0.700. The van der Waals surface area contributed by atoms with E-state index < -0.39 is 0 Å². The van der Waals surface area contributed by atoms with Crippen LogP contribution in [0.4, 0.5) is 4.39 Å². The summed E-state index contributed by atoms with van der Waals surface area (Å²) in [5.41, 5.74) is 0.172. The fourth-order valence-corrected chi connectivity index (χ4v) is 2.93. The van der Waals surface area contributed by atoms with Gasteiger partial charge in [-0.2, -0.15) is 0 Å². The van der Waals surface area contributed by atoms with Crippen molar-refractivity contribution >= 4 is 0 Å². The summed E-state index contributed by atoms with van der Waals surface area (Å²) in [6.45, 7) is 16.9. The number of hydrogen-bond acceptors (Lipinski definition) is 2. The standard InChI is InChI=1S/C14H29FN2/c1-11-9-17(14(5,6)7)12(8-15)10-16(11)13(2,3)4/h11-12H,8-10H2,1-7H3/t11?,12-/m1/s1. The predicted molar refractivity (Wildman–Crippen MR) is 72.1 cm³/mol. The van der Waals surface area contributed by atoms with Gasteiger partial charge in [-0.25, -0.2) is 4.39 Å². The molecule has 1 rings (SSSR count). The first-order valence-corrected chi connectivity index (χ1v) is 6.67. The Bertz CT molecular complexity index is 252. The third-order valence-electron chi connectivity index (χ3n) is 3.74. The van der Waals surface area contributed by atoms with Crippen LogP contribution in [0, 0.1) is 0 Å². The van der Waals surface area contributed by atoms with Crippen LogP contribution < -0.4 is 0 Å². The summed E-state index contributed by atoms with van der Waals surface area (Å²) in [6.07, 6.45) is 0. The zero-order valence-electron chi connectivity index (χ0n) is 12.5. The topological polar surface area (TPSA) is 6.48 Å². The van der Waals surface area contributed by atoms with E-state index in [2.05, 4.69) is 58.3 Å². The van der Waals surface area contributed by atoms with Gasteiger partial charge in [0.2, 0.25) is 0 Å². The molecular weight excluding hydrogens is 215 g/mol. The molecule has 1 aliphatic heterocycles. The summed E-state index contributed by atoms with van der Waals surface area (Å²) in [4.78, 5) is 4.75. The van der Waals surface area contributed by atoms with Gasteiger partial charge in [0.25, 0.3) is 0 Å². The fourth-order valence-electron chi connectivity index (χ4n) is 2.93. The van der Waals surface area contributed by atoms with E-state index in [0.717, 1.165) is 13.1 Å². The third kappa shape index (κ3) is 3.41. The normalized spacial score (nSPS) is 29.6. The molecule has 0 radical (unpaired) electrons. The van der Waals surface area contributed by atoms with Crippen LogP contribution in [-0.4, -0.2) is 52.7 Å². The van der Waals surface area contributed by atoms with Crippen LogP contribution in [-0.2, 0) is 0 Å². The lowest BCUT2D eigenvalue weighted by molar-refractivity contribution is -0.0587. The number of rotatable bonds is 1. The summed E-state index contributed by atoms with van der Waals surface area (Å²) >= 11 is 0. The average Bonchev–Trinajstić information content (AvgIpc) is 2.14. The van der Waals surface area contributed by atoms with Crippen LogP contribution in [0.15, 0.2) is 0 Å². The Kier molecular flexibility index (Phi) is 4.25. The average molecular weight is 244 g/mol. The van der Waals surface area contributed by atoms with E-state index in [1.165, 1.54) is 0 Å². The van der Waals surface area contributed by atoms with Gasteiger partial charge in [0.05, 0.1) is 6.04 Å². The molecule has 1 saturated heterocycles. The largest absolute Gasteiger partial charge is 0.293 e. The maximum atomic E-state index is 13.3. The van der Waals surface area contributed by atoms with Gasteiger partial charge in [-0.05, 0) is 48.5 Å². The van der Waals surface area contributed by atoms with Crippen molar-refractivity contribution in [2.45, 2.75) is 71.6 Å². The molecule has 1 aliphatic rings. The number of hydrogen-bond donors (Lipinski definition) is 0. The van der Waals surface area contributed by atoms with Gasteiger partial charge in [-0.15, -0.1) is 0 Å². The second kappa shape index (κ2) is 4.85. The van der Waals surface area contributed by atoms with Crippen molar-refractivity contribution in [2.75, 3.05) is 19.8 Å². The van der Waals surface area contributed by atoms with Gasteiger partial charge in [0.1, 0.15) is 6.67 Å². The van der Waals surface area contributed by atoms with E-state index in [1.54, 1.807) is 0 Å². The minimum Gasteiger partial charge on any atom is -0.293 e. The van der Waals surface area contributed by atoms with Crippen molar-refractivity contribution in [1.29, 1.82) is 0 Å². The number of alkyl halides is 1. The highest BCUT2D eigenvalue weighted by Crippen LogP contribution is 2.28. The highest BCUT2D eigenvalue weighted by molar-refractivity contribution is 4.96. The molecule has 0 spiro atoms. The summed E-state index contributed by atoms with van der Waals surface area (Å²) in [6, 6.07) is 0.516. The molecule has 1 heterocycles. The molecule has 0 amide bonds. The lowest BCUT2D eigenvalue weighted by Crippen LogP contribution is -2.66. The Balaban J connectivity index is 2.86. The van der Waals surface area contributed by atoms with Crippen molar-refractivity contribution in [1.82, 2.24) is 9.80 Å². The van der Waals surface area contributed by atoms with E-state index in [0.29, 0.717) is 6.04 Å². The third-order valence-corrected chi connectivity index (χ3v) is 3.74. The predicted octanol–water partition coefficient (Wildman–Crippen LogP) is 2.93. The molecule has 2 atom stereocenters. The lowest BCUT2D eigenvalue weighted by Gasteiger charge is -2.53. The van der Waals surface area contributed by atoms with Gasteiger partial charge in [-0.1, -0.05) is 0 Å². The van der Waals surface area contributed by atoms with E-state index in [1.807, 2.05) is 0 Å².